The predicted molar refractivity (Wildman–Crippen MR) is 104 cm³/mol. The second-order valence-electron chi connectivity index (χ2n) is 7.29. The van der Waals surface area contributed by atoms with E-state index >= 15 is 0 Å². The van der Waals surface area contributed by atoms with Crippen molar-refractivity contribution in [1.29, 1.82) is 0 Å². The van der Waals surface area contributed by atoms with Gasteiger partial charge in [-0.15, -0.1) is 0 Å². The molecule has 0 unspecified atom stereocenters. The zero-order valence-corrected chi connectivity index (χ0v) is 15.9. The summed E-state index contributed by atoms with van der Waals surface area (Å²) in [6.07, 6.45) is 9.26. The number of nitrogens with zero attached hydrogens (tertiary/aromatic N) is 1. The molecule has 1 atom stereocenters. The van der Waals surface area contributed by atoms with E-state index in [0.717, 1.165) is 12.0 Å². The Morgan fingerprint density at radius 1 is 1.19 bits per heavy atom. The monoisotopic (exact) mass is 374 g/mol. The fourth-order valence-electron chi connectivity index (χ4n) is 3.71. The van der Waals surface area contributed by atoms with Gasteiger partial charge in [-0.3, -0.25) is 9.59 Å². The van der Waals surface area contributed by atoms with Crippen LogP contribution in [0.4, 0.5) is 0 Å². The minimum atomic E-state index is -0.111. The highest BCUT2D eigenvalue weighted by Gasteiger charge is 2.30. The van der Waals surface area contributed by atoms with E-state index < -0.39 is 0 Å². The molecule has 0 saturated carbocycles. The molecule has 5 heteroatoms. The average Bonchev–Trinajstić information content (AvgIpc) is 2.66. The van der Waals surface area contributed by atoms with Crippen molar-refractivity contribution in [3.8, 4) is 0 Å². The fraction of sp³-hybridized carbons (Fsp3) is 0.524. The lowest BCUT2D eigenvalue weighted by Crippen LogP contribution is -2.45. The van der Waals surface area contributed by atoms with Gasteiger partial charge in [-0.05, 0) is 56.2 Å². The molecule has 1 aliphatic heterocycles. The second kappa shape index (κ2) is 9.22. The largest absolute Gasteiger partial charge is 0.355 e. The summed E-state index contributed by atoms with van der Waals surface area (Å²) in [5.41, 5.74) is 2.51. The Morgan fingerprint density at radius 3 is 2.73 bits per heavy atom. The molecule has 0 radical (unpaired) electrons. The first-order valence-corrected chi connectivity index (χ1v) is 9.97. The van der Waals surface area contributed by atoms with Crippen LogP contribution >= 0.6 is 11.6 Å². The molecule has 0 aromatic heterocycles. The zero-order valence-electron chi connectivity index (χ0n) is 15.2. The van der Waals surface area contributed by atoms with Crippen LogP contribution in [0, 0.1) is 5.92 Å². The molecule has 2 amide bonds. The summed E-state index contributed by atoms with van der Waals surface area (Å²) in [5, 5.41) is 3.76. The number of hydrogen-bond acceptors (Lipinski definition) is 2. The van der Waals surface area contributed by atoms with E-state index in [1.165, 1.54) is 31.3 Å². The number of carbonyl (C=O) groups is 2. The van der Waals surface area contributed by atoms with Crippen molar-refractivity contribution in [1.82, 2.24) is 10.2 Å². The number of piperidine rings is 1. The number of amides is 2. The van der Waals surface area contributed by atoms with Crippen molar-refractivity contribution in [2.75, 3.05) is 13.1 Å². The molecule has 1 saturated heterocycles. The number of benzene rings is 1. The van der Waals surface area contributed by atoms with Gasteiger partial charge in [0.2, 0.25) is 11.8 Å². The molecule has 3 rings (SSSR count). The van der Waals surface area contributed by atoms with Crippen LogP contribution in [0.3, 0.4) is 0 Å². The van der Waals surface area contributed by atoms with Gasteiger partial charge < -0.3 is 10.2 Å². The third-order valence-corrected chi connectivity index (χ3v) is 5.54. The van der Waals surface area contributed by atoms with E-state index in [2.05, 4.69) is 11.4 Å². The molecule has 0 bridgehead atoms. The van der Waals surface area contributed by atoms with Crippen LogP contribution in [0.2, 0.25) is 5.02 Å². The number of nitrogens with one attached hydrogen (secondary N) is 1. The van der Waals surface area contributed by atoms with E-state index in [4.69, 9.17) is 11.6 Å². The Bertz CT molecular complexity index is 669. The van der Waals surface area contributed by atoms with Crippen molar-refractivity contribution < 1.29 is 9.59 Å². The van der Waals surface area contributed by atoms with E-state index in [-0.39, 0.29) is 17.7 Å². The normalized spacial score (nSPS) is 20.7. The van der Waals surface area contributed by atoms with Crippen molar-refractivity contribution >= 4 is 23.4 Å². The maximum absolute atomic E-state index is 12.5. The number of allylic oxidation sites excluding steroid dienone is 1. The minimum absolute atomic E-state index is 0.0787. The fourth-order valence-corrected chi connectivity index (χ4v) is 3.84. The Hall–Kier alpha value is -1.81. The van der Waals surface area contributed by atoms with Gasteiger partial charge in [0.1, 0.15) is 0 Å². The van der Waals surface area contributed by atoms with E-state index in [0.29, 0.717) is 37.5 Å². The van der Waals surface area contributed by atoms with Gasteiger partial charge in [-0.25, -0.2) is 0 Å². The number of likely N-dealkylation sites (tertiary alicyclic amines) is 1. The number of halogens is 1. The summed E-state index contributed by atoms with van der Waals surface area (Å²) in [4.78, 5) is 26.5. The maximum Gasteiger partial charge on any atom is 0.224 e. The molecule has 1 aromatic rings. The molecule has 1 N–H and O–H groups in total. The Balaban J connectivity index is 1.48. The van der Waals surface area contributed by atoms with Crippen LogP contribution in [0.25, 0.3) is 0 Å². The van der Waals surface area contributed by atoms with Gasteiger partial charge in [0.05, 0.1) is 5.92 Å². The van der Waals surface area contributed by atoms with Gasteiger partial charge in [0.25, 0.3) is 0 Å². The third-order valence-electron chi connectivity index (χ3n) is 5.29. The summed E-state index contributed by atoms with van der Waals surface area (Å²) in [7, 11) is 0. The smallest absolute Gasteiger partial charge is 0.224 e. The Kier molecular flexibility index (Phi) is 6.73. The Morgan fingerprint density at radius 2 is 2.00 bits per heavy atom. The molecule has 1 fully saturated rings. The zero-order chi connectivity index (χ0) is 18.4. The summed E-state index contributed by atoms with van der Waals surface area (Å²) in [6.45, 7) is 1.73. The first-order valence-electron chi connectivity index (χ1n) is 9.59. The third kappa shape index (κ3) is 5.34. The van der Waals surface area contributed by atoms with Gasteiger partial charge in [0, 0.05) is 31.1 Å². The topological polar surface area (TPSA) is 49.4 Å². The maximum atomic E-state index is 12.5. The summed E-state index contributed by atoms with van der Waals surface area (Å²) < 4.78 is 0. The highest BCUT2D eigenvalue weighted by Crippen LogP contribution is 2.22. The molecule has 2 aliphatic rings. The van der Waals surface area contributed by atoms with Gasteiger partial charge in [-0.2, -0.15) is 0 Å². The van der Waals surface area contributed by atoms with Crippen LogP contribution in [0.15, 0.2) is 35.9 Å². The molecular weight excluding hydrogens is 348 g/mol. The molecule has 140 valence electrons. The van der Waals surface area contributed by atoms with Crippen molar-refractivity contribution in [2.24, 2.45) is 5.92 Å². The number of rotatable bonds is 6. The van der Waals surface area contributed by atoms with Crippen molar-refractivity contribution in [3.63, 3.8) is 0 Å². The van der Waals surface area contributed by atoms with Gasteiger partial charge in [-0.1, -0.05) is 35.4 Å². The van der Waals surface area contributed by atoms with Crippen LogP contribution in [-0.4, -0.2) is 29.8 Å². The van der Waals surface area contributed by atoms with Crippen molar-refractivity contribution in [2.45, 2.75) is 51.5 Å². The lowest BCUT2D eigenvalue weighted by atomic mass is 9.95. The summed E-state index contributed by atoms with van der Waals surface area (Å²) in [5.74, 6) is 0.0895. The first-order chi connectivity index (χ1) is 12.6. The Labute approximate surface area is 160 Å². The summed E-state index contributed by atoms with van der Waals surface area (Å²) >= 11 is 5.91. The second-order valence-corrected chi connectivity index (χ2v) is 7.72. The standard InChI is InChI=1S/C21H27ClN2O2/c22-19-9-6-17(7-10-19)14-24-15-18(8-11-20(24)25)21(26)23-13-12-16-4-2-1-3-5-16/h4,6-7,9-10,18H,1-3,5,8,11-15H2,(H,23,26)/t18-/m1/s1. The van der Waals surface area contributed by atoms with E-state index in [1.54, 1.807) is 4.90 Å². The lowest BCUT2D eigenvalue weighted by molar-refractivity contribution is -0.138. The highest BCUT2D eigenvalue weighted by molar-refractivity contribution is 6.30. The lowest BCUT2D eigenvalue weighted by Gasteiger charge is -2.32. The first kappa shape index (κ1) is 19.0. The molecular formula is C21H27ClN2O2. The number of carbonyl (C=O) groups excluding carboxylic acids is 2. The van der Waals surface area contributed by atoms with Gasteiger partial charge in [0.15, 0.2) is 0 Å². The molecule has 0 spiro atoms. The molecule has 26 heavy (non-hydrogen) atoms. The van der Waals surface area contributed by atoms with E-state index in [1.807, 2.05) is 24.3 Å². The minimum Gasteiger partial charge on any atom is -0.355 e. The average molecular weight is 375 g/mol. The summed E-state index contributed by atoms with van der Waals surface area (Å²) in [6, 6.07) is 7.51. The number of hydrogen-bond donors (Lipinski definition) is 1. The molecule has 1 aromatic carbocycles. The molecule has 1 heterocycles. The SMILES string of the molecule is O=C(NCCC1=CCCCC1)[C@@H]1CCC(=O)N(Cc2ccc(Cl)cc2)C1. The van der Waals surface area contributed by atoms with E-state index in [9.17, 15) is 9.59 Å². The molecule has 1 aliphatic carbocycles. The van der Waals surface area contributed by atoms with Crippen LogP contribution in [0.5, 0.6) is 0 Å². The van der Waals surface area contributed by atoms with Crippen LogP contribution in [0.1, 0.15) is 50.5 Å². The molecule has 4 nitrogen and oxygen atoms in total. The van der Waals surface area contributed by atoms with Crippen LogP contribution in [-0.2, 0) is 16.1 Å². The van der Waals surface area contributed by atoms with Gasteiger partial charge >= 0.3 is 0 Å². The predicted octanol–water partition coefficient (Wildman–Crippen LogP) is 4.09. The van der Waals surface area contributed by atoms with Crippen LogP contribution < -0.4 is 5.32 Å². The quantitative estimate of drug-likeness (QED) is 0.762. The highest BCUT2D eigenvalue weighted by atomic mass is 35.5. The van der Waals surface area contributed by atoms with Crippen molar-refractivity contribution in [3.05, 3.63) is 46.5 Å².